The molecule has 0 N–H and O–H groups in total. The Hall–Kier alpha value is -5.12. The number of hydrogen-bond donors (Lipinski definition) is 0. The van der Waals surface area contributed by atoms with E-state index in [2.05, 4.69) is 131 Å². The van der Waals surface area contributed by atoms with E-state index in [0.717, 1.165) is 34.4 Å². The van der Waals surface area contributed by atoms with Gasteiger partial charge in [-0.05, 0) is 110 Å². The molecule has 54 heavy (non-hydrogen) atoms. The van der Waals surface area contributed by atoms with Gasteiger partial charge in [0.15, 0.2) is 23.0 Å². The smallest absolute Gasteiger partial charge is 0.256 e. The number of nitrogens with zero attached hydrogens (tertiary/aromatic N) is 2. The fourth-order valence-electron chi connectivity index (χ4n) is 8.67. The van der Waals surface area contributed by atoms with Gasteiger partial charge >= 0.3 is 0 Å². The summed E-state index contributed by atoms with van der Waals surface area (Å²) in [6.45, 7) is 16.6. The Labute approximate surface area is 323 Å². The standard InChI is InChI=1S/C45H39BN2O4S2/c1-24-16-31-41-32(17-24)48(28-11-13-34-36(21-28)52-23-50-34)43-40(30-19-26(45(5,6)7)9-15-38(30)54-43)46(41)39-29-18-25(44(2,3)4)8-14-37(29)53-42(39)47(31)27-10-12-33-35(20-27)51-22-49-33/h8-21H,22-23H2,1-7H3. The fraction of sp³-hybridized carbons (Fsp3) is 0.244. The van der Waals surface area contributed by atoms with Gasteiger partial charge in [-0.25, -0.2) is 0 Å². The van der Waals surface area contributed by atoms with Crippen LogP contribution < -0.4 is 45.1 Å². The third kappa shape index (κ3) is 4.58. The maximum absolute atomic E-state index is 5.98. The van der Waals surface area contributed by atoms with Gasteiger partial charge in [0.05, 0.1) is 21.4 Å². The lowest BCUT2D eigenvalue weighted by molar-refractivity contribution is 0.173. The highest BCUT2D eigenvalue weighted by Gasteiger charge is 2.47. The van der Waals surface area contributed by atoms with E-state index in [1.165, 1.54) is 74.6 Å². The summed E-state index contributed by atoms with van der Waals surface area (Å²) in [7, 11) is 0. The van der Waals surface area contributed by atoms with Crippen LogP contribution in [0.4, 0.5) is 32.8 Å². The van der Waals surface area contributed by atoms with E-state index in [0.29, 0.717) is 0 Å². The summed E-state index contributed by atoms with van der Waals surface area (Å²) in [5, 5.41) is 5.14. The second-order valence-corrected chi connectivity index (χ2v) is 19.0. The molecule has 6 nitrogen and oxygen atoms in total. The Balaban J connectivity index is 1.28. The highest BCUT2D eigenvalue weighted by atomic mass is 32.1. The Morgan fingerprint density at radius 1 is 0.519 bits per heavy atom. The molecule has 0 saturated carbocycles. The quantitative estimate of drug-likeness (QED) is 0.164. The molecule has 0 bridgehead atoms. The van der Waals surface area contributed by atoms with Gasteiger partial charge in [0.25, 0.3) is 6.71 Å². The lowest BCUT2D eigenvalue weighted by atomic mass is 9.33. The third-order valence-electron chi connectivity index (χ3n) is 11.4. The minimum atomic E-state index is -0.000563. The zero-order chi connectivity index (χ0) is 36.8. The van der Waals surface area contributed by atoms with Crippen LogP contribution in [0.25, 0.3) is 20.2 Å². The number of rotatable bonds is 2. The zero-order valence-corrected chi connectivity index (χ0v) is 33.1. The summed E-state index contributed by atoms with van der Waals surface area (Å²) in [4.78, 5) is 4.97. The molecule has 6 heterocycles. The number of anilines is 6. The van der Waals surface area contributed by atoms with Crippen molar-refractivity contribution in [2.45, 2.75) is 59.3 Å². The first-order chi connectivity index (χ1) is 25.9. The normalized spacial score (nSPS) is 15.3. The molecule has 0 radical (unpaired) electrons. The van der Waals surface area contributed by atoms with Crippen LogP contribution in [0.5, 0.6) is 23.0 Å². The highest BCUT2D eigenvalue weighted by Crippen LogP contribution is 2.52. The van der Waals surface area contributed by atoms with Gasteiger partial charge in [0.1, 0.15) is 0 Å². The monoisotopic (exact) mass is 746 g/mol. The van der Waals surface area contributed by atoms with E-state index < -0.39 is 0 Å². The van der Waals surface area contributed by atoms with Crippen molar-refractivity contribution in [3.63, 3.8) is 0 Å². The van der Waals surface area contributed by atoms with Crippen molar-refractivity contribution < 1.29 is 18.9 Å². The second-order valence-electron chi connectivity index (χ2n) is 17.0. The van der Waals surface area contributed by atoms with Crippen molar-refractivity contribution in [2.24, 2.45) is 0 Å². The van der Waals surface area contributed by atoms with Crippen molar-refractivity contribution in [1.29, 1.82) is 0 Å². The van der Waals surface area contributed by atoms with E-state index in [1.807, 2.05) is 34.8 Å². The van der Waals surface area contributed by atoms with Gasteiger partial charge in [-0.1, -0.05) is 65.8 Å². The molecule has 2 aromatic heterocycles. The molecule has 268 valence electrons. The zero-order valence-electron chi connectivity index (χ0n) is 31.4. The van der Waals surface area contributed by atoms with E-state index in [-0.39, 0.29) is 31.1 Å². The van der Waals surface area contributed by atoms with Crippen molar-refractivity contribution >= 4 is 98.7 Å². The van der Waals surface area contributed by atoms with Crippen LogP contribution in [0, 0.1) is 6.92 Å². The van der Waals surface area contributed by atoms with E-state index in [9.17, 15) is 0 Å². The first kappa shape index (κ1) is 32.3. The van der Waals surface area contributed by atoms with E-state index >= 15 is 0 Å². The molecule has 0 aliphatic carbocycles. The minimum Gasteiger partial charge on any atom is -0.454 e. The Bertz CT molecular complexity index is 2570. The Morgan fingerprint density at radius 2 is 0.963 bits per heavy atom. The molecule has 0 spiro atoms. The number of benzene rings is 5. The molecule has 5 aromatic carbocycles. The molecule has 11 rings (SSSR count). The van der Waals surface area contributed by atoms with E-state index in [1.54, 1.807) is 0 Å². The van der Waals surface area contributed by atoms with Crippen LogP contribution in [-0.2, 0) is 10.8 Å². The molecule has 0 unspecified atom stereocenters. The summed E-state index contributed by atoms with van der Waals surface area (Å²) in [6, 6.07) is 31.8. The molecule has 0 saturated heterocycles. The maximum Gasteiger partial charge on any atom is 0.256 e. The number of hydrogen-bond acceptors (Lipinski definition) is 8. The minimum absolute atomic E-state index is 0.000563. The molecule has 0 amide bonds. The van der Waals surface area contributed by atoms with Crippen molar-refractivity contribution in [3.8, 4) is 23.0 Å². The molecular formula is C45H39BN2O4S2. The second kappa shape index (κ2) is 11.0. The van der Waals surface area contributed by atoms with Gasteiger partial charge < -0.3 is 28.7 Å². The molecular weight excluding hydrogens is 707 g/mol. The first-order valence-electron chi connectivity index (χ1n) is 18.6. The van der Waals surface area contributed by atoms with Gasteiger partial charge in [0.2, 0.25) is 13.6 Å². The predicted octanol–water partition coefficient (Wildman–Crippen LogP) is 10.6. The summed E-state index contributed by atoms with van der Waals surface area (Å²) >= 11 is 3.78. The van der Waals surface area contributed by atoms with Crippen LogP contribution in [0.15, 0.2) is 84.9 Å². The molecule has 9 heteroatoms. The van der Waals surface area contributed by atoms with Crippen molar-refractivity contribution in [2.75, 3.05) is 23.4 Å². The van der Waals surface area contributed by atoms with Crippen molar-refractivity contribution in [3.05, 3.63) is 102 Å². The molecule has 4 aliphatic heterocycles. The molecule has 7 aromatic rings. The fourth-order valence-corrected chi connectivity index (χ4v) is 11.2. The molecule has 0 atom stereocenters. The van der Waals surface area contributed by atoms with Crippen LogP contribution in [0.1, 0.15) is 58.2 Å². The SMILES string of the molecule is Cc1cc2c3c(c1)N(c1ccc4c(c1)OCO4)c1sc4ccc(C(C)(C)C)cc4c1B3c1c(sc3ccc(C(C)(C)C)cc13)N2c1ccc2c(c1)OCO2. The lowest BCUT2D eigenvalue weighted by Gasteiger charge is -2.42. The van der Waals surface area contributed by atoms with Gasteiger partial charge in [0, 0.05) is 32.9 Å². The highest BCUT2D eigenvalue weighted by molar-refractivity contribution is 7.29. The van der Waals surface area contributed by atoms with Gasteiger partial charge in [-0.15, -0.1) is 22.7 Å². The van der Waals surface area contributed by atoms with Crippen LogP contribution in [-0.4, -0.2) is 20.3 Å². The Morgan fingerprint density at radius 3 is 1.41 bits per heavy atom. The van der Waals surface area contributed by atoms with Gasteiger partial charge in [-0.3, -0.25) is 0 Å². The topological polar surface area (TPSA) is 43.4 Å². The number of aryl methyl sites for hydroxylation is 1. The summed E-state index contributed by atoms with van der Waals surface area (Å²) in [5.41, 5.74) is 12.4. The molecule has 4 aliphatic rings. The van der Waals surface area contributed by atoms with Crippen LogP contribution in [0.3, 0.4) is 0 Å². The summed E-state index contributed by atoms with van der Waals surface area (Å²) in [6.07, 6.45) is 0. The van der Waals surface area contributed by atoms with Crippen LogP contribution in [0.2, 0.25) is 0 Å². The third-order valence-corrected chi connectivity index (χ3v) is 13.8. The van der Waals surface area contributed by atoms with E-state index in [4.69, 9.17) is 18.9 Å². The largest absolute Gasteiger partial charge is 0.454 e. The average Bonchev–Trinajstić information content (AvgIpc) is 3.94. The maximum atomic E-state index is 5.98. The predicted molar refractivity (Wildman–Crippen MR) is 226 cm³/mol. The van der Waals surface area contributed by atoms with Crippen LogP contribution >= 0.6 is 22.7 Å². The molecule has 0 fully saturated rings. The average molecular weight is 747 g/mol. The van der Waals surface area contributed by atoms with Crippen molar-refractivity contribution in [1.82, 2.24) is 0 Å². The summed E-state index contributed by atoms with van der Waals surface area (Å²) < 4.78 is 26.1. The van der Waals surface area contributed by atoms with Gasteiger partial charge in [-0.2, -0.15) is 0 Å². The Kier molecular flexibility index (Phi) is 6.58. The summed E-state index contributed by atoms with van der Waals surface area (Å²) in [5.74, 6) is 3.11. The number of fused-ring (bicyclic) bond motifs is 10. The first-order valence-corrected chi connectivity index (χ1v) is 20.2. The number of thiophene rings is 2. The number of ether oxygens (including phenoxy) is 4. The lowest BCUT2D eigenvalue weighted by Crippen LogP contribution is -2.60.